The van der Waals surface area contributed by atoms with Crippen molar-refractivity contribution in [1.29, 1.82) is 0 Å². The Morgan fingerprint density at radius 1 is 1.28 bits per heavy atom. The molecule has 0 spiro atoms. The maximum absolute atomic E-state index is 14.6. The van der Waals surface area contributed by atoms with Crippen LogP contribution in [0.15, 0.2) is 40.8 Å². The molecule has 0 aliphatic carbocycles. The van der Waals surface area contributed by atoms with Gasteiger partial charge < -0.3 is 19.6 Å². The van der Waals surface area contributed by atoms with Gasteiger partial charge in [0, 0.05) is 16.5 Å². The van der Waals surface area contributed by atoms with E-state index in [9.17, 15) is 18.0 Å². The Labute approximate surface area is 164 Å². The number of amides is 1. The third kappa shape index (κ3) is 3.33. The van der Waals surface area contributed by atoms with Gasteiger partial charge in [0.05, 0.1) is 18.1 Å². The van der Waals surface area contributed by atoms with Crippen LogP contribution in [-0.4, -0.2) is 25.0 Å². The highest BCUT2D eigenvalue weighted by Crippen LogP contribution is 2.47. The molecule has 0 radical (unpaired) electrons. The van der Waals surface area contributed by atoms with Gasteiger partial charge in [-0.2, -0.15) is 0 Å². The van der Waals surface area contributed by atoms with E-state index in [0.29, 0.717) is 0 Å². The molecule has 4 rings (SSSR count). The van der Waals surface area contributed by atoms with Crippen molar-refractivity contribution >= 4 is 16.9 Å². The summed E-state index contributed by atoms with van der Waals surface area (Å²) in [7, 11) is 0. The number of halogens is 3. The smallest absolute Gasteiger partial charge is 0.280 e. The summed E-state index contributed by atoms with van der Waals surface area (Å²) in [6.45, 7) is 0.355. The second-order valence-corrected chi connectivity index (χ2v) is 6.96. The molecule has 1 saturated heterocycles. The summed E-state index contributed by atoms with van der Waals surface area (Å²) in [6.07, 6.45) is 0. The second kappa shape index (κ2) is 7.11. The van der Waals surface area contributed by atoms with Gasteiger partial charge in [-0.15, -0.1) is 0 Å². The van der Waals surface area contributed by atoms with E-state index in [2.05, 4.69) is 0 Å². The molecule has 1 aliphatic heterocycles. The number of ether oxygens (including phenoxy) is 2. The van der Waals surface area contributed by atoms with Crippen LogP contribution < -0.4 is 10.5 Å². The fourth-order valence-corrected chi connectivity index (χ4v) is 3.68. The first-order chi connectivity index (χ1) is 13.8. The molecule has 1 atom stereocenters. The standard InChI is InChI=1S/C21H18F3NO4/c1-11-17(20(25)26)19-16(29-11)7-6-15(18(19)13-9-27-10-21(13,23)24)28-8-12-4-2-3-5-14(12)22/h2-7,13H,8-10H2,1H3,(H2,25,26). The first kappa shape index (κ1) is 19.3. The predicted molar refractivity (Wildman–Crippen MR) is 98.7 cm³/mol. The lowest BCUT2D eigenvalue weighted by Crippen LogP contribution is -2.25. The number of carbonyl (C=O) groups is 1. The van der Waals surface area contributed by atoms with E-state index in [0.717, 1.165) is 0 Å². The molecular formula is C21H18F3NO4. The van der Waals surface area contributed by atoms with Crippen molar-refractivity contribution in [3.63, 3.8) is 0 Å². The molecule has 0 bridgehead atoms. The zero-order valence-corrected chi connectivity index (χ0v) is 15.5. The minimum absolute atomic E-state index is 0.0223. The number of furan rings is 1. The van der Waals surface area contributed by atoms with E-state index in [1.165, 1.54) is 31.2 Å². The summed E-state index contributed by atoms with van der Waals surface area (Å²) in [5.41, 5.74) is 6.10. The number of primary amides is 1. The van der Waals surface area contributed by atoms with Crippen molar-refractivity contribution < 1.29 is 31.9 Å². The number of nitrogens with two attached hydrogens (primary N) is 1. The summed E-state index contributed by atoms with van der Waals surface area (Å²) >= 11 is 0. The molecule has 3 aromatic rings. The third-order valence-electron chi connectivity index (χ3n) is 5.06. The normalized spacial score (nSPS) is 18.3. The number of alkyl halides is 2. The Hall–Kier alpha value is -3.00. The van der Waals surface area contributed by atoms with E-state index in [-0.39, 0.29) is 52.4 Å². The third-order valence-corrected chi connectivity index (χ3v) is 5.06. The van der Waals surface area contributed by atoms with Crippen LogP contribution in [0.4, 0.5) is 13.2 Å². The lowest BCUT2D eigenvalue weighted by atomic mass is 9.89. The number of hydrogen-bond donors (Lipinski definition) is 1. The highest BCUT2D eigenvalue weighted by Gasteiger charge is 2.48. The van der Waals surface area contributed by atoms with Crippen LogP contribution in [0.1, 0.15) is 33.2 Å². The first-order valence-corrected chi connectivity index (χ1v) is 8.97. The van der Waals surface area contributed by atoms with Crippen molar-refractivity contribution in [2.45, 2.75) is 25.4 Å². The zero-order chi connectivity index (χ0) is 20.8. The molecule has 1 fully saturated rings. The van der Waals surface area contributed by atoms with Gasteiger partial charge in [-0.25, -0.2) is 13.2 Å². The molecule has 0 saturated carbocycles. The molecular weight excluding hydrogens is 387 g/mol. The Kier molecular flexibility index (Phi) is 4.74. The molecule has 1 aliphatic rings. The van der Waals surface area contributed by atoms with E-state index in [1.807, 2.05) is 0 Å². The summed E-state index contributed by atoms with van der Waals surface area (Å²) in [6, 6.07) is 9.00. The quantitative estimate of drug-likeness (QED) is 0.687. The molecule has 1 amide bonds. The van der Waals surface area contributed by atoms with Gasteiger partial charge in [0.1, 0.15) is 36.1 Å². The predicted octanol–water partition coefficient (Wildman–Crippen LogP) is 4.31. The highest BCUT2D eigenvalue weighted by atomic mass is 19.3. The largest absolute Gasteiger partial charge is 0.488 e. The van der Waals surface area contributed by atoms with Gasteiger partial charge in [0.25, 0.3) is 11.8 Å². The van der Waals surface area contributed by atoms with Crippen molar-refractivity contribution in [1.82, 2.24) is 0 Å². The molecule has 1 unspecified atom stereocenters. The average Bonchev–Trinajstić information content (AvgIpc) is 3.18. The van der Waals surface area contributed by atoms with Crippen LogP contribution in [-0.2, 0) is 11.3 Å². The Bertz CT molecular complexity index is 1090. The van der Waals surface area contributed by atoms with Crippen molar-refractivity contribution in [2.75, 3.05) is 13.2 Å². The molecule has 2 aromatic carbocycles. The van der Waals surface area contributed by atoms with Gasteiger partial charge in [0.15, 0.2) is 0 Å². The van der Waals surface area contributed by atoms with Crippen molar-refractivity contribution in [3.8, 4) is 5.75 Å². The summed E-state index contributed by atoms with van der Waals surface area (Å²) in [4.78, 5) is 12.0. The van der Waals surface area contributed by atoms with Gasteiger partial charge in [-0.3, -0.25) is 4.79 Å². The fraction of sp³-hybridized carbons (Fsp3) is 0.286. The fourth-order valence-electron chi connectivity index (χ4n) is 3.68. The first-order valence-electron chi connectivity index (χ1n) is 8.97. The lowest BCUT2D eigenvalue weighted by molar-refractivity contribution is -0.0184. The van der Waals surface area contributed by atoms with Crippen LogP contribution in [0.2, 0.25) is 0 Å². The summed E-state index contributed by atoms with van der Waals surface area (Å²) < 4.78 is 59.4. The molecule has 152 valence electrons. The van der Waals surface area contributed by atoms with Crippen molar-refractivity contribution in [2.24, 2.45) is 5.73 Å². The highest BCUT2D eigenvalue weighted by molar-refractivity contribution is 6.08. The Morgan fingerprint density at radius 3 is 2.69 bits per heavy atom. The minimum atomic E-state index is -3.18. The molecule has 5 nitrogen and oxygen atoms in total. The van der Waals surface area contributed by atoms with Gasteiger partial charge in [0.2, 0.25) is 0 Å². The number of carbonyl (C=O) groups excluding carboxylic acids is 1. The number of benzene rings is 2. The monoisotopic (exact) mass is 405 g/mol. The van der Waals surface area contributed by atoms with E-state index in [4.69, 9.17) is 19.6 Å². The average molecular weight is 405 g/mol. The molecule has 2 heterocycles. The van der Waals surface area contributed by atoms with E-state index >= 15 is 0 Å². The molecule has 8 heteroatoms. The number of rotatable bonds is 5. The van der Waals surface area contributed by atoms with Crippen LogP contribution in [0.3, 0.4) is 0 Å². The number of aryl methyl sites for hydroxylation is 1. The number of hydrogen-bond acceptors (Lipinski definition) is 4. The van der Waals surface area contributed by atoms with Gasteiger partial charge in [-0.05, 0) is 25.1 Å². The topological polar surface area (TPSA) is 74.7 Å². The van der Waals surface area contributed by atoms with Crippen LogP contribution >= 0.6 is 0 Å². The maximum Gasteiger partial charge on any atom is 0.280 e. The zero-order valence-electron chi connectivity index (χ0n) is 15.5. The summed E-state index contributed by atoms with van der Waals surface area (Å²) in [5, 5.41) is 0.177. The van der Waals surface area contributed by atoms with Crippen LogP contribution in [0, 0.1) is 12.7 Å². The second-order valence-electron chi connectivity index (χ2n) is 6.96. The van der Waals surface area contributed by atoms with Gasteiger partial charge in [-0.1, -0.05) is 18.2 Å². The Balaban J connectivity index is 1.87. The van der Waals surface area contributed by atoms with Crippen LogP contribution in [0.5, 0.6) is 5.75 Å². The molecule has 1 aromatic heterocycles. The van der Waals surface area contributed by atoms with E-state index in [1.54, 1.807) is 12.1 Å². The van der Waals surface area contributed by atoms with E-state index < -0.39 is 30.2 Å². The van der Waals surface area contributed by atoms with Crippen LogP contribution in [0.25, 0.3) is 11.0 Å². The summed E-state index contributed by atoms with van der Waals surface area (Å²) in [5.74, 6) is -5.49. The molecule has 29 heavy (non-hydrogen) atoms. The van der Waals surface area contributed by atoms with Crippen molar-refractivity contribution in [3.05, 3.63) is 64.7 Å². The maximum atomic E-state index is 14.6. The van der Waals surface area contributed by atoms with Gasteiger partial charge >= 0.3 is 0 Å². The minimum Gasteiger partial charge on any atom is -0.488 e. The Morgan fingerprint density at radius 2 is 2.03 bits per heavy atom. The SMILES string of the molecule is Cc1oc2ccc(OCc3ccccc3F)c(C3COCC3(F)F)c2c1C(N)=O. The number of fused-ring (bicyclic) bond motifs is 1. The lowest BCUT2D eigenvalue weighted by Gasteiger charge is -2.21. The molecule has 2 N–H and O–H groups in total.